The molecule has 1 aliphatic heterocycles. The Hall–Kier alpha value is -2.24. The van der Waals surface area contributed by atoms with Crippen molar-refractivity contribution in [3.63, 3.8) is 0 Å². The molecule has 3 rings (SSSR count). The molecule has 26 heavy (non-hydrogen) atoms. The summed E-state index contributed by atoms with van der Waals surface area (Å²) in [5.74, 6) is -0.235. The highest BCUT2D eigenvalue weighted by Crippen LogP contribution is 2.45. The molecule has 0 radical (unpaired) electrons. The van der Waals surface area contributed by atoms with Gasteiger partial charge in [0, 0.05) is 0 Å². The quantitative estimate of drug-likeness (QED) is 0.557. The Morgan fingerprint density at radius 3 is 2.69 bits per heavy atom. The van der Waals surface area contributed by atoms with E-state index in [2.05, 4.69) is 36.3 Å². The van der Waals surface area contributed by atoms with Crippen LogP contribution >= 0.6 is 0 Å². The molecule has 1 atom stereocenters. The Morgan fingerprint density at radius 2 is 2.00 bits per heavy atom. The van der Waals surface area contributed by atoms with Crippen LogP contribution < -0.4 is 0 Å². The zero-order chi connectivity index (χ0) is 18.6. The van der Waals surface area contributed by atoms with Gasteiger partial charge in [0.2, 0.25) is 0 Å². The predicted molar refractivity (Wildman–Crippen MR) is 101 cm³/mol. The van der Waals surface area contributed by atoms with Gasteiger partial charge in [0.05, 0.1) is 12.8 Å². The summed E-state index contributed by atoms with van der Waals surface area (Å²) < 4.78 is 19.8. The van der Waals surface area contributed by atoms with Crippen LogP contribution in [-0.2, 0) is 21.8 Å². The van der Waals surface area contributed by atoms with Gasteiger partial charge in [-0.3, -0.25) is 0 Å². The van der Waals surface area contributed by atoms with E-state index in [0.717, 1.165) is 41.6 Å². The van der Waals surface area contributed by atoms with Crippen LogP contribution in [0.1, 0.15) is 35.1 Å². The number of oxime groups is 1. The van der Waals surface area contributed by atoms with E-state index < -0.39 is 5.60 Å². The second-order valence-corrected chi connectivity index (χ2v) is 6.86. The molecule has 0 bridgehead atoms. The van der Waals surface area contributed by atoms with E-state index >= 15 is 0 Å². The molecule has 2 aromatic carbocycles. The average Bonchev–Trinajstić information content (AvgIpc) is 2.99. The molecule has 5 heteroatoms. The lowest BCUT2D eigenvalue weighted by molar-refractivity contribution is -0.0140. The first-order valence-electron chi connectivity index (χ1n) is 8.80. The average molecular weight is 356 g/mol. The summed E-state index contributed by atoms with van der Waals surface area (Å²) in [7, 11) is 5.65. The first kappa shape index (κ1) is 18.5. The minimum atomic E-state index is -0.532. The van der Waals surface area contributed by atoms with Crippen LogP contribution in [0.3, 0.4) is 0 Å². The van der Waals surface area contributed by atoms with E-state index in [9.17, 15) is 4.39 Å². The fraction of sp³-hybridized carbons (Fsp3) is 0.381. The molecule has 0 fully saturated rings. The van der Waals surface area contributed by atoms with Crippen molar-refractivity contribution in [2.75, 3.05) is 27.7 Å². The molecule has 0 spiro atoms. The van der Waals surface area contributed by atoms with Crippen LogP contribution in [0.25, 0.3) is 0 Å². The molecule has 1 aliphatic rings. The Balaban J connectivity index is 1.98. The zero-order valence-corrected chi connectivity index (χ0v) is 15.5. The van der Waals surface area contributed by atoms with E-state index in [1.54, 1.807) is 6.21 Å². The number of halogens is 1. The van der Waals surface area contributed by atoms with Crippen molar-refractivity contribution in [3.8, 4) is 0 Å². The second-order valence-electron chi connectivity index (χ2n) is 6.86. The normalized spacial score (nSPS) is 19.3. The molecule has 4 nitrogen and oxygen atoms in total. The maximum absolute atomic E-state index is 13.4. The number of nitrogens with zero attached hydrogens (tertiary/aromatic N) is 2. The molecule has 0 N–H and O–H groups in total. The van der Waals surface area contributed by atoms with Gasteiger partial charge in [0.25, 0.3) is 0 Å². The third kappa shape index (κ3) is 3.79. The number of hydrogen-bond acceptors (Lipinski definition) is 4. The molecule has 1 heterocycles. The number of hydrogen-bond donors (Lipinski definition) is 0. The van der Waals surface area contributed by atoms with Crippen molar-refractivity contribution in [1.82, 2.24) is 4.90 Å². The summed E-state index contributed by atoms with van der Waals surface area (Å²) in [6.07, 6.45) is 3.51. The molecule has 0 saturated carbocycles. The van der Waals surface area contributed by atoms with Gasteiger partial charge in [-0.05, 0) is 73.9 Å². The summed E-state index contributed by atoms with van der Waals surface area (Å²) in [5, 5.41) is 3.83. The maximum Gasteiger partial charge on any atom is 0.123 e. The number of benzene rings is 2. The molecule has 0 aliphatic carbocycles. The van der Waals surface area contributed by atoms with Crippen LogP contribution in [0.2, 0.25) is 0 Å². The standard InChI is InChI=1S/C21H25FN2O2/c1-24(2)12-4-11-21(18-6-8-19(22)9-7-18)20-10-5-16(14-23-25-3)13-17(20)15-26-21/h5-10,13-14H,4,11-12,15H2,1-3H3. The van der Waals surface area contributed by atoms with E-state index in [0.29, 0.717) is 6.61 Å². The number of rotatable bonds is 7. The molecular weight excluding hydrogens is 331 g/mol. The van der Waals surface area contributed by atoms with E-state index in [-0.39, 0.29) is 5.82 Å². The van der Waals surface area contributed by atoms with Gasteiger partial charge in [-0.25, -0.2) is 4.39 Å². The van der Waals surface area contributed by atoms with Gasteiger partial charge in [0.1, 0.15) is 18.5 Å². The van der Waals surface area contributed by atoms with E-state index in [1.807, 2.05) is 18.2 Å². The first-order chi connectivity index (χ1) is 12.5. The van der Waals surface area contributed by atoms with Gasteiger partial charge in [-0.1, -0.05) is 29.4 Å². The summed E-state index contributed by atoms with van der Waals surface area (Å²) in [6.45, 7) is 1.50. The fourth-order valence-corrected chi connectivity index (χ4v) is 3.55. The van der Waals surface area contributed by atoms with Crippen molar-refractivity contribution in [2.24, 2.45) is 5.16 Å². The molecule has 1 unspecified atom stereocenters. The van der Waals surface area contributed by atoms with Crippen LogP contribution in [0.4, 0.5) is 4.39 Å². The van der Waals surface area contributed by atoms with Crippen LogP contribution in [0.5, 0.6) is 0 Å². The molecule has 0 amide bonds. The highest BCUT2D eigenvalue weighted by atomic mass is 19.1. The number of ether oxygens (including phenoxy) is 1. The van der Waals surface area contributed by atoms with Gasteiger partial charge >= 0.3 is 0 Å². The largest absolute Gasteiger partial charge is 0.399 e. The molecule has 0 saturated heterocycles. The Morgan fingerprint density at radius 1 is 1.23 bits per heavy atom. The molecule has 2 aromatic rings. The maximum atomic E-state index is 13.4. The fourth-order valence-electron chi connectivity index (χ4n) is 3.55. The highest BCUT2D eigenvalue weighted by Gasteiger charge is 2.41. The summed E-state index contributed by atoms with van der Waals surface area (Å²) in [5.41, 5.74) is 3.72. The van der Waals surface area contributed by atoms with Crippen molar-refractivity contribution in [2.45, 2.75) is 25.0 Å². The van der Waals surface area contributed by atoms with Gasteiger partial charge in [-0.15, -0.1) is 0 Å². The Labute approximate surface area is 154 Å². The van der Waals surface area contributed by atoms with E-state index in [4.69, 9.17) is 9.57 Å². The third-order valence-corrected chi connectivity index (χ3v) is 4.79. The SMILES string of the molecule is CON=Cc1ccc2c(c1)COC2(CCCN(C)C)c1ccc(F)cc1. The Kier molecular flexibility index (Phi) is 5.69. The van der Waals surface area contributed by atoms with Crippen LogP contribution in [-0.4, -0.2) is 38.9 Å². The second kappa shape index (κ2) is 7.98. The minimum absolute atomic E-state index is 0.235. The van der Waals surface area contributed by atoms with Crippen LogP contribution in [0.15, 0.2) is 47.6 Å². The summed E-state index contributed by atoms with van der Waals surface area (Å²) >= 11 is 0. The van der Waals surface area contributed by atoms with Gasteiger partial charge in [0.15, 0.2) is 0 Å². The summed E-state index contributed by atoms with van der Waals surface area (Å²) in [4.78, 5) is 6.93. The van der Waals surface area contributed by atoms with Crippen LogP contribution in [0, 0.1) is 5.82 Å². The van der Waals surface area contributed by atoms with Gasteiger partial charge < -0.3 is 14.5 Å². The van der Waals surface area contributed by atoms with Crippen molar-refractivity contribution < 1.29 is 14.0 Å². The third-order valence-electron chi connectivity index (χ3n) is 4.79. The monoisotopic (exact) mass is 356 g/mol. The van der Waals surface area contributed by atoms with Gasteiger partial charge in [-0.2, -0.15) is 0 Å². The van der Waals surface area contributed by atoms with Crippen molar-refractivity contribution >= 4 is 6.21 Å². The summed E-state index contributed by atoms with van der Waals surface area (Å²) in [6, 6.07) is 12.9. The lowest BCUT2D eigenvalue weighted by atomic mass is 9.81. The van der Waals surface area contributed by atoms with Crippen molar-refractivity contribution in [1.29, 1.82) is 0 Å². The molecule has 138 valence electrons. The smallest absolute Gasteiger partial charge is 0.123 e. The molecule has 0 aromatic heterocycles. The highest BCUT2D eigenvalue weighted by molar-refractivity contribution is 5.79. The molecular formula is C21H25FN2O2. The number of fused-ring (bicyclic) bond motifs is 1. The first-order valence-corrected chi connectivity index (χ1v) is 8.80. The van der Waals surface area contributed by atoms with E-state index in [1.165, 1.54) is 19.2 Å². The Bertz CT molecular complexity index is 774. The topological polar surface area (TPSA) is 34.1 Å². The lowest BCUT2D eigenvalue weighted by Gasteiger charge is -2.31. The van der Waals surface area contributed by atoms with Crippen molar-refractivity contribution in [3.05, 3.63) is 70.5 Å². The minimum Gasteiger partial charge on any atom is -0.399 e. The lowest BCUT2D eigenvalue weighted by Crippen LogP contribution is -2.28. The zero-order valence-electron chi connectivity index (χ0n) is 15.5. The predicted octanol–water partition coefficient (Wildman–Crippen LogP) is 3.92.